The van der Waals surface area contributed by atoms with Crippen LogP contribution in [0.25, 0.3) is 22.4 Å². The predicted molar refractivity (Wildman–Crippen MR) is 87.1 cm³/mol. The third-order valence-corrected chi connectivity index (χ3v) is 3.57. The zero-order chi connectivity index (χ0) is 16.9. The van der Waals surface area contributed by atoms with Gasteiger partial charge in [-0.25, -0.2) is 9.78 Å². The van der Waals surface area contributed by atoms with E-state index in [0.717, 1.165) is 5.56 Å². The molecule has 6 nitrogen and oxygen atoms in total. The Morgan fingerprint density at radius 2 is 2.12 bits per heavy atom. The number of benzene rings is 1. The number of nitriles is 1. The molecule has 3 aromatic rings. The zero-order valence-electron chi connectivity index (χ0n) is 13.2. The molecule has 24 heavy (non-hydrogen) atoms. The van der Waals surface area contributed by atoms with Crippen molar-refractivity contribution in [2.75, 3.05) is 6.61 Å². The Morgan fingerprint density at radius 3 is 2.88 bits per heavy atom. The van der Waals surface area contributed by atoms with E-state index in [1.165, 1.54) is 0 Å². The monoisotopic (exact) mass is 321 g/mol. The minimum Gasteiger partial charge on any atom is -0.462 e. The highest BCUT2D eigenvalue weighted by atomic mass is 16.5. The molecule has 1 aromatic carbocycles. The number of aromatic nitrogens is 2. The van der Waals surface area contributed by atoms with Crippen molar-refractivity contribution in [1.82, 2.24) is 10.1 Å². The summed E-state index contributed by atoms with van der Waals surface area (Å²) in [4.78, 5) is 16.9. The van der Waals surface area contributed by atoms with Crippen LogP contribution in [0.1, 0.15) is 28.9 Å². The van der Waals surface area contributed by atoms with E-state index in [1.807, 2.05) is 36.4 Å². The summed E-state index contributed by atoms with van der Waals surface area (Å²) in [5, 5.41) is 13.0. The van der Waals surface area contributed by atoms with Crippen molar-refractivity contribution in [3.8, 4) is 17.3 Å². The van der Waals surface area contributed by atoms with Crippen molar-refractivity contribution in [3.63, 3.8) is 0 Å². The van der Waals surface area contributed by atoms with Gasteiger partial charge in [0.25, 0.3) is 5.71 Å². The number of hydrogen-bond donors (Lipinski definition) is 0. The molecule has 0 spiro atoms. The summed E-state index contributed by atoms with van der Waals surface area (Å²) in [5.74, 6) is -0.469. The SMILES string of the molecule is Cc1noc2nc(-c3ccccc3)cc(C(=O)OCCCC#N)c12. The molecule has 0 aliphatic carbocycles. The number of aryl methyl sites for hydroxylation is 1. The van der Waals surface area contributed by atoms with E-state index in [4.69, 9.17) is 14.5 Å². The molecule has 120 valence electrons. The number of rotatable bonds is 5. The van der Waals surface area contributed by atoms with Gasteiger partial charge in [0.15, 0.2) is 0 Å². The fourth-order valence-corrected chi connectivity index (χ4v) is 2.41. The van der Waals surface area contributed by atoms with Gasteiger partial charge in [0.2, 0.25) is 0 Å². The van der Waals surface area contributed by atoms with Gasteiger partial charge in [-0.1, -0.05) is 35.5 Å². The average molecular weight is 321 g/mol. The number of pyridine rings is 1. The van der Waals surface area contributed by atoms with Gasteiger partial charge in [-0.3, -0.25) is 0 Å². The Labute approximate surface area is 138 Å². The zero-order valence-corrected chi connectivity index (χ0v) is 13.2. The second-order valence-corrected chi connectivity index (χ2v) is 5.27. The van der Waals surface area contributed by atoms with Crippen LogP contribution in [-0.2, 0) is 4.74 Å². The normalized spacial score (nSPS) is 10.5. The summed E-state index contributed by atoms with van der Waals surface area (Å²) >= 11 is 0. The Morgan fingerprint density at radius 1 is 1.33 bits per heavy atom. The van der Waals surface area contributed by atoms with E-state index >= 15 is 0 Å². The van der Waals surface area contributed by atoms with Crippen LogP contribution in [0.4, 0.5) is 0 Å². The second kappa shape index (κ2) is 6.92. The standard InChI is InChI=1S/C18H15N3O3/c1-12-16-14(18(22)23-10-6-5-9-19)11-15(20-17(16)24-21-12)13-7-3-2-4-8-13/h2-4,7-8,11H,5-6,10H2,1H3. The molecule has 0 atom stereocenters. The molecular weight excluding hydrogens is 306 g/mol. The van der Waals surface area contributed by atoms with Gasteiger partial charge in [-0.15, -0.1) is 0 Å². The second-order valence-electron chi connectivity index (χ2n) is 5.27. The lowest BCUT2D eigenvalue weighted by Crippen LogP contribution is -2.08. The lowest BCUT2D eigenvalue weighted by Gasteiger charge is -2.07. The molecule has 0 saturated carbocycles. The van der Waals surface area contributed by atoms with Gasteiger partial charge in [-0.2, -0.15) is 5.26 Å². The van der Waals surface area contributed by atoms with Crippen LogP contribution >= 0.6 is 0 Å². The average Bonchev–Trinajstić information content (AvgIpc) is 3.00. The maximum atomic E-state index is 12.5. The lowest BCUT2D eigenvalue weighted by molar-refractivity contribution is 0.0504. The first-order valence-electron chi connectivity index (χ1n) is 7.57. The van der Waals surface area contributed by atoms with Gasteiger partial charge in [0.1, 0.15) is 0 Å². The molecule has 0 aliphatic heterocycles. The first-order chi connectivity index (χ1) is 11.7. The van der Waals surface area contributed by atoms with Crippen molar-refractivity contribution in [2.45, 2.75) is 19.8 Å². The minimum atomic E-state index is -0.469. The van der Waals surface area contributed by atoms with Gasteiger partial charge in [-0.05, 0) is 19.4 Å². The largest absolute Gasteiger partial charge is 0.462 e. The van der Waals surface area contributed by atoms with Crippen molar-refractivity contribution in [3.05, 3.63) is 47.7 Å². The molecule has 0 unspecified atom stereocenters. The molecule has 0 N–H and O–H groups in total. The topological polar surface area (TPSA) is 89.0 Å². The van der Waals surface area contributed by atoms with Crippen LogP contribution in [0.3, 0.4) is 0 Å². The molecule has 2 heterocycles. The summed E-state index contributed by atoms with van der Waals surface area (Å²) < 4.78 is 10.5. The summed E-state index contributed by atoms with van der Waals surface area (Å²) in [6, 6.07) is 13.2. The Kier molecular flexibility index (Phi) is 4.52. The van der Waals surface area contributed by atoms with Crippen molar-refractivity contribution < 1.29 is 14.1 Å². The van der Waals surface area contributed by atoms with E-state index in [1.54, 1.807) is 13.0 Å². The van der Waals surface area contributed by atoms with Crippen LogP contribution in [0, 0.1) is 18.3 Å². The fourth-order valence-electron chi connectivity index (χ4n) is 2.41. The van der Waals surface area contributed by atoms with E-state index in [0.29, 0.717) is 40.9 Å². The highest BCUT2D eigenvalue weighted by Gasteiger charge is 2.20. The molecule has 6 heteroatoms. The Balaban J connectivity index is 2.00. The van der Waals surface area contributed by atoms with Crippen molar-refractivity contribution in [2.24, 2.45) is 0 Å². The first kappa shape index (κ1) is 15.7. The van der Waals surface area contributed by atoms with Crippen LogP contribution in [0.15, 0.2) is 40.9 Å². The number of fused-ring (bicyclic) bond motifs is 1. The molecule has 0 amide bonds. The predicted octanol–water partition coefficient (Wildman–Crippen LogP) is 3.66. The molecule has 0 aliphatic rings. The van der Waals surface area contributed by atoms with Crippen LogP contribution in [0.5, 0.6) is 0 Å². The number of nitrogens with zero attached hydrogens (tertiary/aromatic N) is 3. The Hall–Kier alpha value is -3.20. The summed E-state index contributed by atoms with van der Waals surface area (Å²) in [5.41, 5.74) is 2.74. The van der Waals surface area contributed by atoms with Crippen LogP contribution in [-0.4, -0.2) is 22.7 Å². The summed E-state index contributed by atoms with van der Waals surface area (Å²) in [6.07, 6.45) is 0.852. The first-order valence-corrected chi connectivity index (χ1v) is 7.57. The number of unbranched alkanes of at least 4 members (excludes halogenated alkanes) is 1. The van der Waals surface area contributed by atoms with Crippen molar-refractivity contribution >= 4 is 17.1 Å². The maximum absolute atomic E-state index is 12.5. The molecule has 3 rings (SSSR count). The van der Waals surface area contributed by atoms with Gasteiger partial charge >= 0.3 is 5.97 Å². The van der Waals surface area contributed by atoms with Gasteiger partial charge in [0.05, 0.1) is 35.0 Å². The number of carbonyl (C=O) groups excluding carboxylic acids is 1. The minimum absolute atomic E-state index is 0.196. The molecule has 0 saturated heterocycles. The van der Waals surface area contributed by atoms with E-state index in [-0.39, 0.29) is 6.61 Å². The van der Waals surface area contributed by atoms with Gasteiger partial charge < -0.3 is 9.26 Å². The molecule has 0 fully saturated rings. The highest BCUT2D eigenvalue weighted by molar-refractivity contribution is 6.04. The van der Waals surface area contributed by atoms with Crippen molar-refractivity contribution in [1.29, 1.82) is 5.26 Å². The quantitative estimate of drug-likeness (QED) is 0.526. The number of carbonyl (C=O) groups is 1. The number of esters is 1. The van der Waals surface area contributed by atoms with Gasteiger partial charge in [0, 0.05) is 12.0 Å². The Bertz CT molecular complexity index is 910. The third kappa shape index (κ3) is 3.10. The highest BCUT2D eigenvalue weighted by Crippen LogP contribution is 2.27. The smallest absolute Gasteiger partial charge is 0.339 e. The summed E-state index contributed by atoms with van der Waals surface area (Å²) in [7, 11) is 0. The van der Waals surface area contributed by atoms with Crippen LogP contribution < -0.4 is 0 Å². The molecular formula is C18H15N3O3. The van der Waals surface area contributed by atoms with E-state index in [9.17, 15) is 4.79 Å². The van der Waals surface area contributed by atoms with Crippen LogP contribution in [0.2, 0.25) is 0 Å². The van der Waals surface area contributed by atoms with E-state index < -0.39 is 5.97 Å². The molecule has 2 aromatic heterocycles. The van der Waals surface area contributed by atoms with E-state index in [2.05, 4.69) is 10.1 Å². The number of hydrogen-bond acceptors (Lipinski definition) is 6. The molecule has 0 bridgehead atoms. The fraction of sp³-hybridized carbons (Fsp3) is 0.222. The molecule has 0 radical (unpaired) electrons. The third-order valence-electron chi connectivity index (χ3n) is 3.57. The maximum Gasteiger partial charge on any atom is 0.339 e. The number of ether oxygens (including phenoxy) is 1. The lowest BCUT2D eigenvalue weighted by atomic mass is 10.1. The summed E-state index contributed by atoms with van der Waals surface area (Å²) in [6.45, 7) is 1.95.